The van der Waals surface area contributed by atoms with Crippen LogP contribution in [0.15, 0.2) is 30.3 Å². The summed E-state index contributed by atoms with van der Waals surface area (Å²) in [4.78, 5) is 0. The fourth-order valence-electron chi connectivity index (χ4n) is 2.18. The number of rotatable bonds is 7. The van der Waals surface area contributed by atoms with E-state index in [-0.39, 0.29) is 5.75 Å². The molecule has 1 aliphatic carbocycles. The Balaban J connectivity index is 1.85. The number of sulfonamides is 1. The maximum atomic E-state index is 10.8. The zero-order chi connectivity index (χ0) is 13.0. The van der Waals surface area contributed by atoms with Crippen LogP contribution in [0.2, 0.25) is 0 Å². The molecule has 1 fully saturated rings. The molecule has 18 heavy (non-hydrogen) atoms. The van der Waals surface area contributed by atoms with Crippen LogP contribution < -0.4 is 10.5 Å². The lowest BCUT2D eigenvalue weighted by Crippen LogP contribution is -2.27. The normalized spacial score (nSPS) is 17.6. The number of nitrogens with one attached hydrogen (secondary N) is 1. The van der Waals surface area contributed by atoms with E-state index in [1.165, 1.54) is 18.4 Å². The molecule has 0 spiro atoms. The van der Waals surface area contributed by atoms with Gasteiger partial charge in [-0.1, -0.05) is 30.3 Å². The molecule has 1 atom stereocenters. The second kappa shape index (κ2) is 5.82. The minimum Gasteiger partial charge on any atom is -0.310 e. The number of hydrogen-bond donors (Lipinski definition) is 2. The van der Waals surface area contributed by atoms with Crippen LogP contribution in [0.4, 0.5) is 0 Å². The molecule has 100 valence electrons. The van der Waals surface area contributed by atoms with Crippen LogP contribution in [-0.2, 0) is 10.0 Å². The molecule has 5 heteroatoms. The first kappa shape index (κ1) is 13.5. The van der Waals surface area contributed by atoms with Gasteiger partial charge in [0.15, 0.2) is 0 Å². The predicted molar refractivity (Wildman–Crippen MR) is 72.5 cm³/mol. The van der Waals surface area contributed by atoms with Crippen LogP contribution in [0.3, 0.4) is 0 Å². The Hall–Kier alpha value is -0.910. The summed E-state index contributed by atoms with van der Waals surface area (Å²) in [7, 11) is -3.33. The Labute approximate surface area is 109 Å². The van der Waals surface area contributed by atoms with Crippen LogP contribution in [0.1, 0.15) is 30.9 Å². The molecule has 4 nitrogen and oxygen atoms in total. The van der Waals surface area contributed by atoms with Crippen LogP contribution in [0.25, 0.3) is 0 Å². The Morgan fingerprint density at radius 3 is 2.50 bits per heavy atom. The average molecular weight is 268 g/mol. The molecule has 0 aliphatic heterocycles. The summed E-state index contributed by atoms with van der Waals surface area (Å²) in [6.07, 6.45) is 3.07. The second-order valence-electron chi connectivity index (χ2n) is 4.90. The van der Waals surface area contributed by atoms with Gasteiger partial charge in [-0.25, -0.2) is 13.6 Å². The molecule has 1 aromatic rings. The van der Waals surface area contributed by atoms with Crippen molar-refractivity contribution in [1.29, 1.82) is 0 Å². The van der Waals surface area contributed by atoms with E-state index in [4.69, 9.17) is 5.14 Å². The highest BCUT2D eigenvalue weighted by atomic mass is 32.2. The standard InChI is InChI=1S/C13H20N2O2S/c14-18(16,17)10-4-9-15-13(12-7-8-12)11-5-2-1-3-6-11/h1-3,5-6,12-13,15H,4,7-10H2,(H2,14,16,17). The van der Waals surface area contributed by atoms with Crippen molar-refractivity contribution in [2.45, 2.75) is 25.3 Å². The monoisotopic (exact) mass is 268 g/mol. The summed E-state index contributed by atoms with van der Waals surface area (Å²) in [6, 6.07) is 10.7. The molecule has 0 radical (unpaired) electrons. The number of hydrogen-bond acceptors (Lipinski definition) is 3. The molecule has 0 heterocycles. The minimum absolute atomic E-state index is 0.0478. The van der Waals surface area contributed by atoms with Gasteiger partial charge >= 0.3 is 0 Å². The maximum Gasteiger partial charge on any atom is 0.209 e. The fraction of sp³-hybridized carbons (Fsp3) is 0.538. The van der Waals surface area contributed by atoms with Gasteiger partial charge in [0.2, 0.25) is 10.0 Å². The minimum atomic E-state index is -3.33. The predicted octanol–water partition coefficient (Wildman–Crippen LogP) is 1.41. The van der Waals surface area contributed by atoms with E-state index in [1.54, 1.807) is 0 Å². The van der Waals surface area contributed by atoms with Crippen molar-refractivity contribution in [2.75, 3.05) is 12.3 Å². The fourth-order valence-corrected chi connectivity index (χ4v) is 2.72. The lowest BCUT2D eigenvalue weighted by atomic mass is 10.0. The number of primary sulfonamides is 1. The molecule has 3 N–H and O–H groups in total. The largest absolute Gasteiger partial charge is 0.310 e. The number of nitrogens with two attached hydrogens (primary N) is 1. The number of benzene rings is 1. The molecule has 0 saturated heterocycles. The van der Waals surface area contributed by atoms with Gasteiger partial charge in [0.1, 0.15) is 0 Å². The van der Waals surface area contributed by atoms with Crippen molar-refractivity contribution in [3.05, 3.63) is 35.9 Å². The van der Waals surface area contributed by atoms with E-state index < -0.39 is 10.0 Å². The van der Waals surface area contributed by atoms with Gasteiger partial charge in [0.05, 0.1) is 5.75 Å². The van der Waals surface area contributed by atoms with Gasteiger partial charge in [-0.15, -0.1) is 0 Å². The van der Waals surface area contributed by atoms with E-state index in [0.717, 1.165) is 0 Å². The smallest absolute Gasteiger partial charge is 0.209 e. The van der Waals surface area contributed by atoms with Gasteiger partial charge in [-0.2, -0.15) is 0 Å². The highest BCUT2D eigenvalue weighted by Gasteiger charge is 2.31. The van der Waals surface area contributed by atoms with Crippen molar-refractivity contribution in [2.24, 2.45) is 11.1 Å². The molecule has 0 bridgehead atoms. The van der Waals surface area contributed by atoms with E-state index in [2.05, 4.69) is 17.4 Å². The van der Waals surface area contributed by atoms with Crippen molar-refractivity contribution in [3.63, 3.8) is 0 Å². The molecule has 0 aromatic heterocycles. The SMILES string of the molecule is NS(=O)(=O)CCCNC(c1ccccc1)C1CC1. The molecule has 0 amide bonds. The molecule has 1 saturated carbocycles. The molecule has 1 aromatic carbocycles. The van der Waals surface area contributed by atoms with Gasteiger partial charge in [-0.3, -0.25) is 0 Å². The maximum absolute atomic E-state index is 10.8. The summed E-state index contributed by atoms with van der Waals surface area (Å²) >= 11 is 0. The van der Waals surface area contributed by atoms with Gasteiger partial charge < -0.3 is 5.32 Å². The van der Waals surface area contributed by atoms with E-state index in [0.29, 0.717) is 24.9 Å². The average Bonchev–Trinajstić information content (AvgIpc) is 3.13. The summed E-state index contributed by atoms with van der Waals surface area (Å²) in [5, 5.41) is 8.43. The third kappa shape index (κ3) is 4.40. The molecular weight excluding hydrogens is 248 g/mol. The zero-order valence-corrected chi connectivity index (χ0v) is 11.2. The topological polar surface area (TPSA) is 72.2 Å². The van der Waals surface area contributed by atoms with Crippen molar-refractivity contribution in [1.82, 2.24) is 5.32 Å². The Kier molecular flexibility index (Phi) is 4.37. The summed E-state index contributed by atoms with van der Waals surface area (Å²) in [6.45, 7) is 0.687. The molecular formula is C13H20N2O2S. The van der Waals surface area contributed by atoms with Crippen LogP contribution in [0.5, 0.6) is 0 Å². The summed E-state index contributed by atoms with van der Waals surface area (Å²) in [5.41, 5.74) is 1.29. The van der Waals surface area contributed by atoms with Gasteiger partial charge in [-0.05, 0) is 37.3 Å². The molecule has 2 rings (SSSR count). The quantitative estimate of drug-likeness (QED) is 0.734. The Morgan fingerprint density at radius 2 is 1.94 bits per heavy atom. The third-order valence-corrected chi connectivity index (χ3v) is 4.08. The first-order valence-electron chi connectivity index (χ1n) is 6.35. The highest BCUT2D eigenvalue weighted by Crippen LogP contribution is 2.40. The lowest BCUT2D eigenvalue weighted by molar-refractivity contribution is 0.480. The van der Waals surface area contributed by atoms with Gasteiger partial charge in [0.25, 0.3) is 0 Å². The van der Waals surface area contributed by atoms with Crippen molar-refractivity contribution < 1.29 is 8.42 Å². The van der Waals surface area contributed by atoms with Crippen molar-refractivity contribution >= 4 is 10.0 Å². The van der Waals surface area contributed by atoms with Crippen LogP contribution >= 0.6 is 0 Å². The Morgan fingerprint density at radius 1 is 1.28 bits per heavy atom. The first-order chi connectivity index (χ1) is 8.56. The summed E-state index contributed by atoms with van der Waals surface area (Å²) in [5.74, 6) is 0.744. The first-order valence-corrected chi connectivity index (χ1v) is 8.06. The van der Waals surface area contributed by atoms with Crippen LogP contribution in [0, 0.1) is 5.92 Å². The zero-order valence-electron chi connectivity index (χ0n) is 10.4. The molecule has 1 unspecified atom stereocenters. The Bertz CT molecular complexity index is 469. The van der Waals surface area contributed by atoms with Crippen molar-refractivity contribution in [3.8, 4) is 0 Å². The lowest BCUT2D eigenvalue weighted by Gasteiger charge is -2.18. The highest BCUT2D eigenvalue weighted by molar-refractivity contribution is 7.89. The van der Waals surface area contributed by atoms with Gasteiger partial charge in [0, 0.05) is 6.04 Å². The van der Waals surface area contributed by atoms with E-state index in [9.17, 15) is 8.42 Å². The summed E-state index contributed by atoms with van der Waals surface area (Å²) < 4.78 is 21.7. The molecule has 1 aliphatic rings. The second-order valence-corrected chi connectivity index (χ2v) is 6.63. The van der Waals surface area contributed by atoms with E-state index >= 15 is 0 Å². The van der Waals surface area contributed by atoms with E-state index in [1.807, 2.05) is 18.2 Å². The third-order valence-electron chi connectivity index (χ3n) is 3.22. The van der Waals surface area contributed by atoms with Crippen LogP contribution in [-0.4, -0.2) is 20.7 Å².